The number of carbonyl (C=O) groups excluding carboxylic acids is 1. The predicted octanol–water partition coefficient (Wildman–Crippen LogP) is 4.45. The van der Waals surface area contributed by atoms with Gasteiger partial charge in [0.25, 0.3) is 5.91 Å². The van der Waals surface area contributed by atoms with Gasteiger partial charge >= 0.3 is 0 Å². The second-order valence-corrected chi connectivity index (χ2v) is 8.22. The Morgan fingerprint density at radius 1 is 1.10 bits per heavy atom. The Hall–Kier alpha value is -2.79. The van der Waals surface area contributed by atoms with Gasteiger partial charge in [0.2, 0.25) is 0 Å². The molecule has 1 N–H and O–H groups in total. The fourth-order valence-corrected chi connectivity index (χ4v) is 4.57. The Bertz CT molecular complexity index is 1030. The number of hydrogen-bond donors (Lipinski definition) is 1. The Morgan fingerprint density at radius 2 is 1.87 bits per heavy atom. The van der Waals surface area contributed by atoms with Crippen LogP contribution in [0.2, 0.25) is 0 Å². The van der Waals surface area contributed by atoms with Crippen LogP contribution >= 0.6 is 0 Å². The van der Waals surface area contributed by atoms with E-state index in [1.54, 1.807) is 7.11 Å². The number of piperidine rings is 1. The van der Waals surface area contributed by atoms with Crippen molar-refractivity contribution in [1.29, 1.82) is 0 Å². The van der Waals surface area contributed by atoms with Gasteiger partial charge in [-0.1, -0.05) is 36.2 Å². The summed E-state index contributed by atoms with van der Waals surface area (Å²) in [4.78, 5) is 15.6. The van der Waals surface area contributed by atoms with Crippen molar-refractivity contribution in [3.05, 3.63) is 65.4 Å². The Labute approximate surface area is 178 Å². The molecule has 0 spiro atoms. The molecule has 5 heteroatoms. The maximum atomic E-state index is 13.1. The van der Waals surface area contributed by atoms with E-state index in [0.29, 0.717) is 12.2 Å². The van der Waals surface area contributed by atoms with Gasteiger partial charge in [-0.25, -0.2) is 0 Å². The van der Waals surface area contributed by atoms with Crippen LogP contribution in [-0.4, -0.2) is 42.1 Å². The minimum atomic E-state index is -0.0386. The van der Waals surface area contributed by atoms with Gasteiger partial charge < -0.3 is 14.6 Å². The number of aromatic nitrogens is 1. The number of methoxy groups -OCH3 is 1. The zero-order valence-electron chi connectivity index (χ0n) is 18.1. The number of para-hydroxylation sites is 1. The Balaban J connectivity index is 1.57. The van der Waals surface area contributed by atoms with Crippen LogP contribution in [0, 0.1) is 6.92 Å². The molecule has 1 atom stereocenters. The SMILES string of the molecule is COc1ccccc1C(CNC(=O)c1cc2cc(C)ccc2n1C)N1CCCCC1. The summed E-state index contributed by atoms with van der Waals surface area (Å²) in [5, 5.41) is 4.30. The van der Waals surface area contributed by atoms with Gasteiger partial charge in [-0.15, -0.1) is 0 Å². The Morgan fingerprint density at radius 3 is 2.63 bits per heavy atom. The molecule has 5 nitrogen and oxygen atoms in total. The van der Waals surface area contributed by atoms with E-state index in [9.17, 15) is 4.79 Å². The summed E-state index contributed by atoms with van der Waals surface area (Å²) in [7, 11) is 3.66. The first-order chi connectivity index (χ1) is 14.6. The number of amides is 1. The number of rotatable bonds is 6. The third-order valence-electron chi connectivity index (χ3n) is 6.22. The van der Waals surface area contributed by atoms with E-state index in [0.717, 1.165) is 35.3 Å². The number of hydrogen-bond acceptors (Lipinski definition) is 3. The fraction of sp³-hybridized carbons (Fsp3) is 0.400. The lowest BCUT2D eigenvalue weighted by Gasteiger charge is -2.35. The highest BCUT2D eigenvalue weighted by molar-refractivity contribution is 5.98. The predicted molar refractivity (Wildman–Crippen MR) is 121 cm³/mol. The molecule has 0 bridgehead atoms. The van der Waals surface area contributed by atoms with Crippen LogP contribution in [0.4, 0.5) is 0 Å². The molecule has 158 valence electrons. The lowest BCUT2D eigenvalue weighted by Crippen LogP contribution is -2.41. The second kappa shape index (κ2) is 8.92. The van der Waals surface area contributed by atoms with Gasteiger partial charge in [0.05, 0.1) is 13.2 Å². The van der Waals surface area contributed by atoms with Crippen LogP contribution < -0.4 is 10.1 Å². The second-order valence-electron chi connectivity index (χ2n) is 8.22. The zero-order valence-corrected chi connectivity index (χ0v) is 18.1. The lowest BCUT2D eigenvalue weighted by atomic mass is 10.0. The van der Waals surface area contributed by atoms with Crippen molar-refractivity contribution in [3.8, 4) is 5.75 Å². The highest BCUT2D eigenvalue weighted by Gasteiger charge is 2.26. The van der Waals surface area contributed by atoms with Gasteiger partial charge in [-0.2, -0.15) is 0 Å². The van der Waals surface area contributed by atoms with Crippen LogP contribution in [0.3, 0.4) is 0 Å². The topological polar surface area (TPSA) is 46.5 Å². The summed E-state index contributed by atoms with van der Waals surface area (Å²) in [6, 6.07) is 16.5. The molecule has 1 aliphatic heterocycles. The summed E-state index contributed by atoms with van der Waals surface area (Å²) in [5.74, 6) is 0.839. The summed E-state index contributed by atoms with van der Waals surface area (Å²) < 4.78 is 7.61. The normalized spacial score (nSPS) is 15.8. The van der Waals surface area contributed by atoms with Crippen LogP contribution in [0.5, 0.6) is 5.75 Å². The standard InChI is InChI=1S/C25H31N3O2/c1-18-11-12-21-19(15-18)16-22(27(21)2)25(29)26-17-23(28-13-7-4-8-14-28)20-9-5-6-10-24(20)30-3/h5-6,9-12,15-16,23H,4,7-8,13-14,17H2,1-3H3,(H,26,29). The highest BCUT2D eigenvalue weighted by atomic mass is 16.5. The molecule has 2 heterocycles. The van der Waals surface area contributed by atoms with Crippen molar-refractivity contribution in [2.75, 3.05) is 26.7 Å². The smallest absolute Gasteiger partial charge is 0.267 e. The first-order valence-electron chi connectivity index (χ1n) is 10.8. The Kier molecular flexibility index (Phi) is 6.09. The first kappa shape index (κ1) is 20.5. The van der Waals surface area contributed by atoms with E-state index in [4.69, 9.17) is 4.74 Å². The zero-order chi connectivity index (χ0) is 21.1. The van der Waals surface area contributed by atoms with Crippen molar-refractivity contribution < 1.29 is 9.53 Å². The van der Waals surface area contributed by atoms with Crippen LogP contribution in [0.1, 0.15) is 46.9 Å². The average molecular weight is 406 g/mol. The van der Waals surface area contributed by atoms with Crippen molar-refractivity contribution >= 4 is 16.8 Å². The minimum Gasteiger partial charge on any atom is -0.496 e. The molecule has 0 saturated carbocycles. The molecular formula is C25H31N3O2. The number of aryl methyl sites for hydroxylation is 2. The molecule has 1 amide bonds. The van der Waals surface area contributed by atoms with Gasteiger partial charge in [0.1, 0.15) is 11.4 Å². The number of nitrogens with one attached hydrogen (secondary N) is 1. The summed E-state index contributed by atoms with van der Waals surface area (Å²) in [5.41, 5.74) is 4.09. The highest BCUT2D eigenvalue weighted by Crippen LogP contribution is 2.31. The van der Waals surface area contributed by atoms with Gasteiger partial charge in [0.15, 0.2) is 0 Å². The quantitative estimate of drug-likeness (QED) is 0.659. The molecule has 0 aliphatic carbocycles. The number of benzene rings is 2. The molecule has 30 heavy (non-hydrogen) atoms. The molecule has 1 aromatic heterocycles. The van der Waals surface area contributed by atoms with Gasteiger partial charge in [-0.3, -0.25) is 9.69 Å². The average Bonchev–Trinajstić information content (AvgIpc) is 3.10. The molecule has 3 aromatic rings. The molecule has 1 fully saturated rings. The van der Waals surface area contributed by atoms with E-state index < -0.39 is 0 Å². The van der Waals surface area contributed by atoms with Crippen molar-refractivity contribution in [2.45, 2.75) is 32.2 Å². The number of carbonyl (C=O) groups is 1. The third kappa shape index (κ3) is 4.08. The van der Waals surface area contributed by atoms with Gasteiger partial charge in [-0.05, 0) is 57.1 Å². The van der Waals surface area contributed by atoms with E-state index >= 15 is 0 Å². The molecule has 1 saturated heterocycles. The number of nitrogens with zero attached hydrogens (tertiary/aromatic N) is 2. The van der Waals surface area contributed by atoms with Crippen LogP contribution in [0.25, 0.3) is 10.9 Å². The summed E-state index contributed by atoms with van der Waals surface area (Å²) in [6.07, 6.45) is 3.67. The monoisotopic (exact) mass is 405 g/mol. The van der Waals surface area contributed by atoms with E-state index in [1.165, 1.54) is 24.8 Å². The van der Waals surface area contributed by atoms with Crippen LogP contribution in [0.15, 0.2) is 48.5 Å². The van der Waals surface area contributed by atoms with Crippen molar-refractivity contribution in [3.63, 3.8) is 0 Å². The van der Waals surface area contributed by atoms with Crippen LogP contribution in [-0.2, 0) is 7.05 Å². The maximum Gasteiger partial charge on any atom is 0.267 e. The minimum absolute atomic E-state index is 0.0386. The molecule has 1 aliphatic rings. The van der Waals surface area contributed by atoms with Gasteiger partial charge in [0, 0.05) is 30.1 Å². The first-order valence-corrected chi connectivity index (χ1v) is 10.8. The molecule has 2 aromatic carbocycles. The van der Waals surface area contributed by atoms with Crippen molar-refractivity contribution in [1.82, 2.24) is 14.8 Å². The lowest BCUT2D eigenvalue weighted by molar-refractivity contribution is 0.0915. The van der Waals surface area contributed by atoms with E-state index in [1.807, 2.05) is 35.9 Å². The maximum absolute atomic E-state index is 13.1. The van der Waals surface area contributed by atoms with E-state index in [2.05, 4.69) is 41.4 Å². The largest absolute Gasteiger partial charge is 0.496 e. The molecule has 4 rings (SSSR count). The summed E-state index contributed by atoms with van der Waals surface area (Å²) >= 11 is 0. The fourth-order valence-electron chi connectivity index (χ4n) is 4.57. The number of likely N-dealkylation sites (tertiary alicyclic amines) is 1. The summed E-state index contributed by atoms with van der Waals surface area (Å²) in [6.45, 7) is 4.72. The molecule has 1 unspecified atom stereocenters. The third-order valence-corrected chi connectivity index (χ3v) is 6.22. The number of ether oxygens (including phenoxy) is 1. The van der Waals surface area contributed by atoms with Crippen molar-refractivity contribution in [2.24, 2.45) is 7.05 Å². The van der Waals surface area contributed by atoms with E-state index in [-0.39, 0.29) is 11.9 Å². The molecule has 0 radical (unpaired) electrons. The number of fused-ring (bicyclic) bond motifs is 1. The molecular weight excluding hydrogens is 374 g/mol.